The second-order valence-corrected chi connectivity index (χ2v) is 10.1. The Balaban J connectivity index is 1.96. The zero-order valence-corrected chi connectivity index (χ0v) is 21.6. The maximum atomic E-state index is 13.5. The van der Waals surface area contributed by atoms with E-state index in [1.54, 1.807) is 36.7 Å². The van der Waals surface area contributed by atoms with Crippen LogP contribution in [0.2, 0.25) is 0 Å². The fraction of sp³-hybridized carbons (Fsp3) is 0.300. The number of Topliss-reactive ketones (excluding diaryl/α,β-unsaturated/α-hetero) is 1. The molecule has 1 amide bonds. The number of aliphatic hydroxyl groups excluding tert-OH is 1. The Morgan fingerprint density at radius 3 is 2.39 bits per heavy atom. The van der Waals surface area contributed by atoms with E-state index in [4.69, 9.17) is 4.74 Å². The highest BCUT2D eigenvalue weighted by Crippen LogP contribution is 2.44. The van der Waals surface area contributed by atoms with E-state index in [0.29, 0.717) is 23.4 Å². The highest BCUT2D eigenvalue weighted by molar-refractivity contribution is 6.51. The van der Waals surface area contributed by atoms with Crippen molar-refractivity contribution in [1.82, 2.24) is 4.98 Å². The SMILES string of the molecule is CCOc1ccc(/C(O)=C2/C(=O)C(=O)N(c3cccc(C)c3C)C2c2ccncc2)cc1C(C)(C)C. The minimum atomic E-state index is -0.793. The summed E-state index contributed by atoms with van der Waals surface area (Å²) in [6, 6.07) is 13.8. The predicted octanol–water partition coefficient (Wildman–Crippen LogP) is 6.02. The van der Waals surface area contributed by atoms with Crippen molar-refractivity contribution in [3.63, 3.8) is 0 Å². The molecule has 0 radical (unpaired) electrons. The third-order valence-corrected chi connectivity index (χ3v) is 6.66. The zero-order valence-electron chi connectivity index (χ0n) is 21.6. The predicted molar refractivity (Wildman–Crippen MR) is 141 cm³/mol. The molecular formula is C30H32N2O4. The van der Waals surface area contributed by atoms with Crippen molar-refractivity contribution in [3.05, 3.63) is 94.3 Å². The number of ketones is 1. The van der Waals surface area contributed by atoms with Crippen LogP contribution < -0.4 is 9.64 Å². The molecule has 186 valence electrons. The number of amides is 1. The second-order valence-electron chi connectivity index (χ2n) is 10.1. The molecule has 1 fully saturated rings. The van der Waals surface area contributed by atoms with Gasteiger partial charge in [-0.25, -0.2) is 0 Å². The van der Waals surface area contributed by atoms with Crippen LogP contribution in [0, 0.1) is 13.8 Å². The van der Waals surface area contributed by atoms with Gasteiger partial charge in [0.15, 0.2) is 0 Å². The molecule has 0 spiro atoms. The summed E-state index contributed by atoms with van der Waals surface area (Å²) in [5.41, 5.74) is 4.37. The van der Waals surface area contributed by atoms with Crippen LogP contribution in [-0.2, 0) is 15.0 Å². The van der Waals surface area contributed by atoms with E-state index in [0.717, 1.165) is 22.4 Å². The number of aromatic nitrogens is 1. The first kappa shape index (κ1) is 25.2. The van der Waals surface area contributed by atoms with Gasteiger partial charge in [0.05, 0.1) is 18.2 Å². The van der Waals surface area contributed by atoms with Crippen molar-refractivity contribution in [2.75, 3.05) is 11.5 Å². The van der Waals surface area contributed by atoms with Gasteiger partial charge in [-0.3, -0.25) is 19.5 Å². The molecule has 1 aliphatic heterocycles. The fourth-order valence-electron chi connectivity index (χ4n) is 4.64. The van der Waals surface area contributed by atoms with Gasteiger partial charge >= 0.3 is 0 Å². The van der Waals surface area contributed by atoms with Gasteiger partial charge in [-0.05, 0) is 79.3 Å². The Hall–Kier alpha value is -3.93. The first-order valence-corrected chi connectivity index (χ1v) is 12.1. The number of carbonyl (C=O) groups is 2. The zero-order chi connectivity index (χ0) is 26.2. The van der Waals surface area contributed by atoms with Crippen LogP contribution in [0.5, 0.6) is 5.75 Å². The van der Waals surface area contributed by atoms with Crippen molar-refractivity contribution >= 4 is 23.1 Å². The summed E-state index contributed by atoms with van der Waals surface area (Å²) in [7, 11) is 0. The Labute approximate surface area is 212 Å². The second kappa shape index (κ2) is 9.61. The van der Waals surface area contributed by atoms with Crippen LogP contribution >= 0.6 is 0 Å². The quantitative estimate of drug-likeness (QED) is 0.272. The molecule has 3 aromatic rings. The Morgan fingerprint density at radius 2 is 1.75 bits per heavy atom. The molecule has 6 heteroatoms. The monoisotopic (exact) mass is 484 g/mol. The largest absolute Gasteiger partial charge is 0.507 e. The third-order valence-electron chi connectivity index (χ3n) is 6.66. The van der Waals surface area contributed by atoms with Crippen molar-refractivity contribution in [2.24, 2.45) is 0 Å². The fourth-order valence-corrected chi connectivity index (χ4v) is 4.64. The van der Waals surface area contributed by atoms with Crippen molar-refractivity contribution in [3.8, 4) is 5.75 Å². The number of anilines is 1. The number of ether oxygens (including phenoxy) is 1. The van der Waals surface area contributed by atoms with Gasteiger partial charge in [0.1, 0.15) is 11.5 Å². The maximum Gasteiger partial charge on any atom is 0.300 e. The molecule has 0 bridgehead atoms. The lowest BCUT2D eigenvalue weighted by atomic mass is 9.84. The lowest BCUT2D eigenvalue weighted by Gasteiger charge is -2.27. The number of aryl methyl sites for hydroxylation is 1. The van der Waals surface area contributed by atoms with Gasteiger partial charge in [-0.2, -0.15) is 0 Å². The molecular weight excluding hydrogens is 452 g/mol. The molecule has 1 N–H and O–H groups in total. The van der Waals surface area contributed by atoms with Crippen LogP contribution in [0.25, 0.3) is 5.76 Å². The van der Waals surface area contributed by atoms with Crippen LogP contribution in [0.3, 0.4) is 0 Å². The molecule has 0 saturated carbocycles. The minimum Gasteiger partial charge on any atom is -0.507 e. The molecule has 4 rings (SSSR count). The number of aliphatic hydroxyl groups is 1. The molecule has 1 unspecified atom stereocenters. The van der Waals surface area contributed by atoms with Crippen LogP contribution in [-0.4, -0.2) is 28.4 Å². The summed E-state index contributed by atoms with van der Waals surface area (Å²) < 4.78 is 5.82. The lowest BCUT2D eigenvalue weighted by Crippen LogP contribution is -2.30. The van der Waals surface area contributed by atoms with Gasteiger partial charge in [0.2, 0.25) is 0 Å². The normalized spacial score (nSPS) is 17.5. The molecule has 1 saturated heterocycles. The van der Waals surface area contributed by atoms with Crippen LogP contribution in [0.1, 0.15) is 61.6 Å². The number of pyridine rings is 1. The Kier molecular flexibility index (Phi) is 6.72. The van der Waals surface area contributed by atoms with Gasteiger partial charge in [0, 0.05) is 29.2 Å². The Morgan fingerprint density at radius 1 is 1.06 bits per heavy atom. The summed E-state index contributed by atoms with van der Waals surface area (Å²) in [5, 5.41) is 11.6. The van der Waals surface area contributed by atoms with Crippen LogP contribution in [0.15, 0.2) is 66.5 Å². The van der Waals surface area contributed by atoms with E-state index < -0.39 is 17.7 Å². The molecule has 0 aliphatic carbocycles. The highest BCUT2D eigenvalue weighted by atomic mass is 16.5. The van der Waals surface area contributed by atoms with Crippen molar-refractivity contribution in [1.29, 1.82) is 0 Å². The van der Waals surface area contributed by atoms with Gasteiger partial charge in [0.25, 0.3) is 11.7 Å². The van der Waals surface area contributed by atoms with E-state index in [9.17, 15) is 14.7 Å². The molecule has 6 nitrogen and oxygen atoms in total. The number of carbonyl (C=O) groups excluding carboxylic acids is 2. The average Bonchev–Trinajstić information content (AvgIpc) is 3.11. The van der Waals surface area contributed by atoms with E-state index in [1.807, 2.05) is 45.0 Å². The minimum absolute atomic E-state index is 0.0520. The Bertz CT molecular complexity index is 1350. The smallest absolute Gasteiger partial charge is 0.300 e. The van der Waals surface area contributed by atoms with E-state index in [1.165, 1.54) is 4.90 Å². The number of hydrogen-bond donors (Lipinski definition) is 1. The van der Waals surface area contributed by atoms with E-state index >= 15 is 0 Å². The van der Waals surface area contributed by atoms with Gasteiger partial charge in [-0.15, -0.1) is 0 Å². The number of benzene rings is 2. The van der Waals surface area contributed by atoms with E-state index in [-0.39, 0.29) is 16.7 Å². The molecule has 1 atom stereocenters. The maximum absolute atomic E-state index is 13.5. The summed E-state index contributed by atoms with van der Waals surface area (Å²) >= 11 is 0. The molecule has 1 aliphatic rings. The molecule has 2 aromatic carbocycles. The van der Waals surface area contributed by atoms with Crippen molar-refractivity contribution in [2.45, 2.75) is 53.0 Å². The molecule has 2 heterocycles. The number of hydrogen-bond acceptors (Lipinski definition) is 5. The topological polar surface area (TPSA) is 79.7 Å². The lowest BCUT2D eigenvalue weighted by molar-refractivity contribution is -0.132. The first-order valence-electron chi connectivity index (χ1n) is 12.1. The van der Waals surface area contributed by atoms with Crippen molar-refractivity contribution < 1.29 is 19.4 Å². The molecule has 1 aromatic heterocycles. The summed E-state index contributed by atoms with van der Waals surface area (Å²) in [6.45, 7) is 12.5. The number of nitrogens with zero attached hydrogens (tertiary/aromatic N) is 2. The first-order chi connectivity index (χ1) is 17.1. The summed E-state index contributed by atoms with van der Waals surface area (Å²) in [6.07, 6.45) is 3.24. The summed E-state index contributed by atoms with van der Waals surface area (Å²) in [5.74, 6) is -0.880. The number of rotatable bonds is 5. The molecule has 36 heavy (non-hydrogen) atoms. The third kappa shape index (κ3) is 4.39. The van der Waals surface area contributed by atoms with Crippen LogP contribution in [0.4, 0.5) is 5.69 Å². The van der Waals surface area contributed by atoms with E-state index in [2.05, 4.69) is 25.8 Å². The highest BCUT2D eigenvalue weighted by Gasteiger charge is 2.47. The summed E-state index contributed by atoms with van der Waals surface area (Å²) in [4.78, 5) is 32.5. The standard InChI is InChI=1S/C30H32N2O4/c1-7-36-24-12-11-21(17-22(24)30(4,5)6)27(33)25-26(20-13-15-31-16-14-20)32(29(35)28(25)34)23-10-8-9-18(2)19(23)3/h8-17,26,33H,7H2,1-6H3/b27-25-. The van der Waals surface area contributed by atoms with Gasteiger partial charge < -0.3 is 9.84 Å². The average molecular weight is 485 g/mol. The van der Waals surface area contributed by atoms with Gasteiger partial charge in [-0.1, -0.05) is 32.9 Å².